The Morgan fingerprint density at radius 2 is 1.83 bits per heavy atom. The molecular weight excluding hydrogens is 360 g/mol. The van der Waals surface area contributed by atoms with Crippen molar-refractivity contribution in [3.05, 3.63) is 66.0 Å². The van der Waals surface area contributed by atoms with E-state index >= 15 is 0 Å². The molecule has 0 bridgehead atoms. The Hall–Kier alpha value is -2.66. The number of H-pyrrole nitrogens is 1. The molecule has 29 heavy (non-hydrogen) atoms. The molecule has 150 valence electrons. The molecule has 5 nitrogen and oxygen atoms in total. The number of para-hydroxylation sites is 2. The van der Waals surface area contributed by atoms with Crippen LogP contribution in [0.15, 0.2) is 54.6 Å². The average molecular weight is 389 g/mol. The number of imidazole rings is 1. The molecule has 1 amide bonds. The lowest BCUT2D eigenvalue weighted by Crippen LogP contribution is -2.39. The number of aromatic amines is 1. The van der Waals surface area contributed by atoms with Gasteiger partial charge in [0, 0.05) is 24.9 Å². The summed E-state index contributed by atoms with van der Waals surface area (Å²) < 4.78 is 0. The Morgan fingerprint density at radius 3 is 2.62 bits per heavy atom. The summed E-state index contributed by atoms with van der Waals surface area (Å²) in [6, 6.07) is 18.6. The number of carbonyl (C=O) groups is 1. The predicted molar refractivity (Wildman–Crippen MR) is 115 cm³/mol. The molecule has 3 aromatic rings. The van der Waals surface area contributed by atoms with Crippen molar-refractivity contribution in [1.82, 2.24) is 20.2 Å². The van der Waals surface area contributed by atoms with E-state index in [1.807, 2.05) is 18.2 Å². The summed E-state index contributed by atoms with van der Waals surface area (Å²) in [5.74, 6) is 2.43. The molecule has 0 spiro atoms. The van der Waals surface area contributed by atoms with Gasteiger partial charge in [-0.2, -0.15) is 0 Å². The van der Waals surface area contributed by atoms with Gasteiger partial charge in [0.05, 0.1) is 11.0 Å². The third-order valence-electron chi connectivity index (χ3n) is 6.46. The lowest BCUT2D eigenvalue weighted by molar-refractivity contribution is -0.122. The van der Waals surface area contributed by atoms with Crippen molar-refractivity contribution in [2.24, 2.45) is 5.92 Å². The Labute approximate surface area is 171 Å². The Bertz CT molecular complexity index is 942. The van der Waals surface area contributed by atoms with Gasteiger partial charge in [0.1, 0.15) is 5.82 Å². The molecule has 2 aliphatic rings. The molecule has 2 N–H and O–H groups in total. The number of nitrogens with zero attached hydrogens (tertiary/aromatic N) is 2. The molecule has 2 heterocycles. The molecule has 2 atom stereocenters. The van der Waals surface area contributed by atoms with Crippen molar-refractivity contribution >= 4 is 16.9 Å². The number of likely N-dealkylation sites (tertiary alicyclic amines) is 1. The molecule has 2 unspecified atom stereocenters. The van der Waals surface area contributed by atoms with Crippen LogP contribution in [0.25, 0.3) is 11.0 Å². The van der Waals surface area contributed by atoms with E-state index < -0.39 is 0 Å². The van der Waals surface area contributed by atoms with Crippen molar-refractivity contribution in [2.45, 2.75) is 31.1 Å². The summed E-state index contributed by atoms with van der Waals surface area (Å²) in [7, 11) is 0. The Kier molecular flexibility index (Phi) is 5.06. The summed E-state index contributed by atoms with van der Waals surface area (Å²) in [6.45, 7) is 3.80. The number of fused-ring (bicyclic) bond motifs is 1. The van der Waals surface area contributed by atoms with Gasteiger partial charge in [-0.15, -0.1) is 0 Å². The molecule has 2 aromatic carbocycles. The number of rotatable bonds is 6. The van der Waals surface area contributed by atoms with Gasteiger partial charge in [0.25, 0.3) is 0 Å². The maximum Gasteiger partial charge on any atom is 0.223 e. The van der Waals surface area contributed by atoms with Crippen LogP contribution in [0.4, 0.5) is 0 Å². The minimum Gasteiger partial charge on any atom is -0.355 e. The fourth-order valence-electron chi connectivity index (χ4n) is 4.62. The van der Waals surface area contributed by atoms with Gasteiger partial charge in [-0.25, -0.2) is 4.98 Å². The summed E-state index contributed by atoms with van der Waals surface area (Å²) in [6.07, 6.45) is 3.22. The van der Waals surface area contributed by atoms with E-state index in [1.165, 1.54) is 5.56 Å². The number of piperidine rings is 1. The summed E-state index contributed by atoms with van der Waals surface area (Å²) >= 11 is 0. The molecule has 1 aliphatic carbocycles. The minimum atomic E-state index is 0.163. The lowest BCUT2D eigenvalue weighted by Gasteiger charge is -2.31. The second-order valence-corrected chi connectivity index (χ2v) is 8.41. The SMILES string of the molecule is O=C(NCCN1CCC(c2nc3ccccc3[nH]2)CC1)C1CC1c1ccccc1. The van der Waals surface area contributed by atoms with Crippen molar-refractivity contribution < 1.29 is 4.79 Å². The zero-order valence-corrected chi connectivity index (χ0v) is 16.7. The van der Waals surface area contributed by atoms with E-state index in [-0.39, 0.29) is 11.8 Å². The van der Waals surface area contributed by atoms with Crippen LogP contribution in [0.3, 0.4) is 0 Å². The fourth-order valence-corrected chi connectivity index (χ4v) is 4.62. The van der Waals surface area contributed by atoms with E-state index in [4.69, 9.17) is 4.98 Å². The van der Waals surface area contributed by atoms with Crippen LogP contribution in [-0.2, 0) is 4.79 Å². The molecular formula is C24H28N4O. The highest BCUT2D eigenvalue weighted by Crippen LogP contribution is 2.47. The molecule has 1 saturated heterocycles. The van der Waals surface area contributed by atoms with Crippen molar-refractivity contribution in [3.63, 3.8) is 0 Å². The Morgan fingerprint density at radius 1 is 1.07 bits per heavy atom. The van der Waals surface area contributed by atoms with Crippen LogP contribution in [0.5, 0.6) is 0 Å². The minimum absolute atomic E-state index is 0.163. The van der Waals surface area contributed by atoms with Crippen LogP contribution in [0.1, 0.15) is 42.5 Å². The molecule has 5 heteroatoms. The number of hydrogen-bond acceptors (Lipinski definition) is 3. The molecule has 2 fully saturated rings. The van der Waals surface area contributed by atoms with Gasteiger partial charge >= 0.3 is 0 Å². The monoisotopic (exact) mass is 388 g/mol. The highest BCUT2D eigenvalue weighted by molar-refractivity contribution is 5.82. The second-order valence-electron chi connectivity index (χ2n) is 8.41. The van der Waals surface area contributed by atoms with Gasteiger partial charge < -0.3 is 15.2 Å². The summed E-state index contributed by atoms with van der Waals surface area (Å²) in [4.78, 5) is 23.1. The van der Waals surface area contributed by atoms with E-state index in [0.29, 0.717) is 11.8 Å². The number of aromatic nitrogens is 2. The first-order valence-corrected chi connectivity index (χ1v) is 10.8. The van der Waals surface area contributed by atoms with E-state index in [0.717, 1.165) is 62.3 Å². The van der Waals surface area contributed by atoms with Gasteiger partial charge in [-0.3, -0.25) is 4.79 Å². The summed E-state index contributed by atoms with van der Waals surface area (Å²) in [5, 5.41) is 3.15. The number of hydrogen-bond donors (Lipinski definition) is 2. The first-order chi connectivity index (χ1) is 14.3. The maximum atomic E-state index is 12.4. The summed E-state index contributed by atoms with van der Waals surface area (Å²) in [5.41, 5.74) is 3.48. The normalized spacial score (nSPS) is 22.6. The average Bonchev–Trinajstić information content (AvgIpc) is 3.46. The van der Waals surface area contributed by atoms with Gasteiger partial charge in [0.15, 0.2) is 0 Å². The molecule has 1 aliphatic heterocycles. The smallest absolute Gasteiger partial charge is 0.223 e. The van der Waals surface area contributed by atoms with Gasteiger partial charge in [-0.05, 0) is 56.0 Å². The first kappa shape index (κ1) is 18.4. The molecule has 1 aromatic heterocycles. The molecule has 5 rings (SSSR count). The predicted octanol–water partition coefficient (Wildman–Crippen LogP) is 3.66. The quantitative estimate of drug-likeness (QED) is 0.677. The zero-order chi connectivity index (χ0) is 19.6. The van der Waals surface area contributed by atoms with Crippen LogP contribution in [0.2, 0.25) is 0 Å². The first-order valence-electron chi connectivity index (χ1n) is 10.8. The third kappa shape index (κ3) is 4.06. The van der Waals surface area contributed by atoms with Crippen molar-refractivity contribution in [3.8, 4) is 0 Å². The van der Waals surface area contributed by atoms with Crippen LogP contribution in [0, 0.1) is 5.92 Å². The van der Waals surface area contributed by atoms with Crippen molar-refractivity contribution in [2.75, 3.05) is 26.2 Å². The van der Waals surface area contributed by atoms with E-state index in [9.17, 15) is 4.79 Å². The lowest BCUT2D eigenvalue weighted by atomic mass is 9.96. The number of benzene rings is 2. The topological polar surface area (TPSA) is 61.0 Å². The fraction of sp³-hybridized carbons (Fsp3) is 0.417. The second kappa shape index (κ2) is 7.99. The highest BCUT2D eigenvalue weighted by Gasteiger charge is 2.43. The van der Waals surface area contributed by atoms with E-state index in [2.05, 4.69) is 51.6 Å². The molecule has 1 saturated carbocycles. The number of amides is 1. The Balaban J connectivity index is 1.05. The largest absolute Gasteiger partial charge is 0.355 e. The van der Waals surface area contributed by atoms with Crippen molar-refractivity contribution in [1.29, 1.82) is 0 Å². The van der Waals surface area contributed by atoms with Gasteiger partial charge in [0.2, 0.25) is 5.91 Å². The number of nitrogens with one attached hydrogen (secondary N) is 2. The number of carbonyl (C=O) groups excluding carboxylic acids is 1. The van der Waals surface area contributed by atoms with Crippen LogP contribution < -0.4 is 5.32 Å². The molecule has 0 radical (unpaired) electrons. The highest BCUT2D eigenvalue weighted by atomic mass is 16.2. The standard InChI is InChI=1S/C24H28N4O/c29-24(20-16-19(20)17-6-2-1-3-7-17)25-12-15-28-13-10-18(11-14-28)23-26-21-8-4-5-9-22(21)27-23/h1-9,18-20H,10-16H2,(H,25,29)(H,26,27). The maximum absolute atomic E-state index is 12.4. The third-order valence-corrected chi connectivity index (χ3v) is 6.46. The zero-order valence-electron chi connectivity index (χ0n) is 16.7. The van der Waals surface area contributed by atoms with Crippen LogP contribution >= 0.6 is 0 Å². The van der Waals surface area contributed by atoms with Gasteiger partial charge in [-0.1, -0.05) is 42.5 Å². The van der Waals surface area contributed by atoms with E-state index in [1.54, 1.807) is 0 Å². The van der Waals surface area contributed by atoms with Crippen LogP contribution in [-0.4, -0.2) is 47.0 Å².